The average Bonchev–Trinajstić information content (AvgIpc) is 2.71. The highest BCUT2D eigenvalue weighted by molar-refractivity contribution is 5.78. The van der Waals surface area contributed by atoms with Crippen molar-refractivity contribution < 1.29 is 9.32 Å². The van der Waals surface area contributed by atoms with Gasteiger partial charge < -0.3 is 14.7 Å². The van der Waals surface area contributed by atoms with Crippen molar-refractivity contribution in [3.8, 4) is 0 Å². The van der Waals surface area contributed by atoms with E-state index in [4.69, 9.17) is 4.52 Å². The Morgan fingerprint density at radius 2 is 2.32 bits per heavy atom. The van der Waals surface area contributed by atoms with Crippen LogP contribution in [0.4, 0.5) is 0 Å². The van der Waals surface area contributed by atoms with E-state index in [1.165, 1.54) is 12.8 Å². The number of nitrogens with zero attached hydrogens (tertiary/aromatic N) is 2. The van der Waals surface area contributed by atoms with Gasteiger partial charge in [-0.25, -0.2) is 0 Å². The molecule has 1 aromatic heterocycles. The first-order valence-corrected chi connectivity index (χ1v) is 6.94. The number of aromatic nitrogens is 1. The zero-order valence-corrected chi connectivity index (χ0v) is 12.0. The zero-order valence-electron chi connectivity index (χ0n) is 12.0. The van der Waals surface area contributed by atoms with E-state index in [0.717, 1.165) is 36.7 Å². The first-order chi connectivity index (χ1) is 9.08. The minimum absolute atomic E-state index is 0.139. The molecule has 0 spiro atoms. The van der Waals surface area contributed by atoms with Gasteiger partial charge in [-0.1, -0.05) is 5.16 Å². The van der Waals surface area contributed by atoms with Crippen molar-refractivity contribution in [2.75, 3.05) is 26.7 Å². The molecule has 1 aromatic rings. The van der Waals surface area contributed by atoms with Crippen LogP contribution < -0.4 is 5.32 Å². The second kappa shape index (κ2) is 6.19. The average molecular weight is 265 g/mol. The van der Waals surface area contributed by atoms with Crippen LogP contribution in [0.2, 0.25) is 0 Å². The predicted octanol–water partition coefficient (Wildman–Crippen LogP) is 1.29. The van der Waals surface area contributed by atoms with Crippen molar-refractivity contribution in [1.29, 1.82) is 0 Å². The van der Waals surface area contributed by atoms with Gasteiger partial charge >= 0.3 is 0 Å². The highest BCUT2D eigenvalue weighted by Gasteiger charge is 2.20. The molecule has 1 atom stereocenters. The molecule has 0 bridgehead atoms. The number of amides is 1. The first-order valence-electron chi connectivity index (χ1n) is 6.94. The van der Waals surface area contributed by atoms with Gasteiger partial charge in [0.25, 0.3) is 0 Å². The van der Waals surface area contributed by atoms with Gasteiger partial charge in [-0.3, -0.25) is 4.79 Å². The number of piperidine rings is 1. The molecule has 1 unspecified atom stereocenters. The van der Waals surface area contributed by atoms with E-state index in [2.05, 4.69) is 10.5 Å². The maximum Gasteiger partial charge on any atom is 0.226 e. The van der Waals surface area contributed by atoms with Gasteiger partial charge in [-0.15, -0.1) is 0 Å². The number of carbonyl (C=O) groups excluding carboxylic acids is 1. The molecule has 1 fully saturated rings. The Bertz CT molecular complexity index is 416. The summed E-state index contributed by atoms with van der Waals surface area (Å²) in [6.45, 7) is 6.68. The molecule has 5 heteroatoms. The van der Waals surface area contributed by atoms with Crippen molar-refractivity contribution >= 4 is 5.91 Å². The summed E-state index contributed by atoms with van der Waals surface area (Å²) >= 11 is 0. The fourth-order valence-electron chi connectivity index (χ4n) is 2.61. The highest BCUT2D eigenvalue weighted by Crippen LogP contribution is 2.15. The lowest BCUT2D eigenvalue weighted by Crippen LogP contribution is -2.39. The number of rotatable bonds is 4. The Hall–Kier alpha value is -1.36. The summed E-state index contributed by atoms with van der Waals surface area (Å²) in [5.41, 5.74) is 1.75. The first kappa shape index (κ1) is 14.1. The smallest absolute Gasteiger partial charge is 0.226 e. The maximum absolute atomic E-state index is 12.2. The third-order valence-corrected chi connectivity index (χ3v) is 3.87. The molecular weight excluding hydrogens is 242 g/mol. The molecule has 0 saturated carbocycles. The van der Waals surface area contributed by atoms with E-state index in [-0.39, 0.29) is 5.91 Å². The summed E-state index contributed by atoms with van der Waals surface area (Å²) in [4.78, 5) is 14.1. The Balaban J connectivity index is 1.88. The third-order valence-electron chi connectivity index (χ3n) is 3.87. The molecule has 2 heterocycles. The van der Waals surface area contributed by atoms with Crippen LogP contribution in [0.1, 0.15) is 29.9 Å². The van der Waals surface area contributed by atoms with Gasteiger partial charge in [0.1, 0.15) is 5.76 Å². The van der Waals surface area contributed by atoms with Gasteiger partial charge in [0.2, 0.25) is 5.91 Å². The van der Waals surface area contributed by atoms with E-state index < -0.39 is 0 Å². The van der Waals surface area contributed by atoms with Crippen LogP contribution in [0.3, 0.4) is 0 Å². The Morgan fingerprint density at radius 3 is 2.89 bits per heavy atom. The molecule has 1 N–H and O–H groups in total. The van der Waals surface area contributed by atoms with E-state index in [1.54, 1.807) is 0 Å². The quantitative estimate of drug-likeness (QED) is 0.891. The van der Waals surface area contributed by atoms with Gasteiger partial charge in [-0.05, 0) is 45.7 Å². The van der Waals surface area contributed by atoms with Crippen molar-refractivity contribution in [2.24, 2.45) is 5.92 Å². The Labute approximate surface area is 114 Å². The minimum atomic E-state index is 0.139. The molecule has 2 rings (SSSR count). The molecule has 1 amide bonds. The number of aryl methyl sites for hydroxylation is 2. The van der Waals surface area contributed by atoms with Crippen LogP contribution in [0.5, 0.6) is 0 Å². The van der Waals surface area contributed by atoms with Crippen LogP contribution in [0.25, 0.3) is 0 Å². The van der Waals surface area contributed by atoms with Crippen LogP contribution in [-0.4, -0.2) is 42.6 Å². The van der Waals surface area contributed by atoms with Gasteiger partial charge in [0, 0.05) is 19.2 Å². The molecule has 0 aliphatic carbocycles. The number of likely N-dealkylation sites (N-methyl/N-ethyl adjacent to an activating group) is 1. The number of hydrogen-bond donors (Lipinski definition) is 1. The second-order valence-corrected chi connectivity index (χ2v) is 5.47. The lowest BCUT2D eigenvalue weighted by molar-refractivity contribution is -0.129. The zero-order chi connectivity index (χ0) is 13.8. The Kier molecular flexibility index (Phi) is 4.58. The summed E-state index contributed by atoms with van der Waals surface area (Å²) in [5.74, 6) is 1.46. The summed E-state index contributed by atoms with van der Waals surface area (Å²) < 4.78 is 5.10. The SMILES string of the molecule is Cc1noc(C)c1CC(=O)N(C)CC1CCCNC1. The van der Waals surface area contributed by atoms with Crippen molar-refractivity contribution in [1.82, 2.24) is 15.4 Å². The summed E-state index contributed by atoms with van der Waals surface area (Å²) in [6, 6.07) is 0. The molecular formula is C14H23N3O2. The fourth-order valence-corrected chi connectivity index (χ4v) is 2.61. The van der Waals surface area contributed by atoms with E-state index >= 15 is 0 Å². The number of carbonyl (C=O) groups is 1. The van der Waals surface area contributed by atoms with E-state index in [1.807, 2.05) is 25.8 Å². The molecule has 0 radical (unpaired) electrons. The number of hydrogen-bond acceptors (Lipinski definition) is 4. The molecule has 1 aliphatic heterocycles. The lowest BCUT2D eigenvalue weighted by Gasteiger charge is -2.27. The van der Waals surface area contributed by atoms with Crippen LogP contribution >= 0.6 is 0 Å². The minimum Gasteiger partial charge on any atom is -0.361 e. The largest absolute Gasteiger partial charge is 0.361 e. The molecule has 1 aliphatic rings. The van der Waals surface area contributed by atoms with Crippen LogP contribution in [-0.2, 0) is 11.2 Å². The van der Waals surface area contributed by atoms with Crippen molar-refractivity contribution in [2.45, 2.75) is 33.1 Å². The molecule has 5 nitrogen and oxygen atoms in total. The summed E-state index contributed by atoms with van der Waals surface area (Å²) in [6.07, 6.45) is 2.80. The summed E-state index contributed by atoms with van der Waals surface area (Å²) in [7, 11) is 1.88. The van der Waals surface area contributed by atoms with Crippen LogP contribution in [0, 0.1) is 19.8 Å². The molecule has 19 heavy (non-hydrogen) atoms. The molecule has 1 saturated heterocycles. The van der Waals surface area contributed by atoms with Crippen LogP contribution in [0.15, 0.2) is 4.52 Å². The molecule has 106 valence electrons. The third kappa shape index (κ3) is 3.56. The number of nitrogens with one attached hydrogen (secondary N) is 1. The van der Waals surface area contributed by atoms with E-state index in [9.17, 15) is 4.79 Å². The van der Waals surface area contributed by atoms with Gasteiger partial charge in [0.15, 0.2) is 0 Å². The summed E-state index contributed by atoms with van der Waals surface area (Å²) in [5, 5.41) is 7.27. The van der Waals surface area contributed by atoms with Gasteiger partial charge in [-0.2, -0.15) is 0 Å². The van der Waals surface area contributed by atoms with Crippen molar-refractivity contribution in [3.63, 3.8) is 0 Å². The monoisotopic (exact) mass is 265 g/mol. The normalized spacial score (nSPS) is 19.4. The lowest BCUT2D eigenvalue weighted by atomic mass is 9.99. The second-order valence-electron chi connectivity index (χ2n) is 5.47. The fraction of sp³-hybridized carbons (Fsp3) is 0.714. The predicted molar refractivity (Wildman–Crippen MR) is 72.9 cm³/mol. The highest BCUT2D eigenvalue weighted by atomic mass is 16.5. The topological polar surface area (TPSA) is 58.4 Å². The van der Waals surface area contributed by atoms with Gasteiger partial charge in [0.05, 0.1) is 12.1 Å². The standard InChI is InChI=1S/C14H23N3O2/c1-10-13(11(2)19-16-10)7-14(18)17(3)9-12-5-4-6-15-8-12/h12,15H,4-9H2,1-3H3. The maximum atomic E-state index is 12.2. The van der Waals surface area contributed by atoms with E-state index in [0.29, 0.717) is 12.3 Å². The molecule has 0 aromatic carbocycles. The Morgan fingerprint density at radius 1 is 1.53 bits per heavy atom. The van der Waals surface area contributed by atoms with Crippen molar-refractivity contribution in [3.05, 3.63) is 17.0 Å².